The van der Waals surface area contributed by atoms with Crippen LogP contribution < -0.4 is 5.32 Å². The minimum atomic E-state index is -0.300. The van der Waals surface area contributed by atoms with E-state index in [9.17, 15) is 4.79 Å². The van der Waals surface area contributed by atoms with E-state index in [4.69, 9.17) is 4.74 Å². The highest BCUT2D eigenvalue weighted by atomic mass is 16.6. The first kappa shape index (κ1) is 19.8. The zero-order valence-electron chi connectivity index (χ0n) is 18.5. The van der Waals surface area contributed by atoms with Crippen LogP contribution in [0.3, 0.4) is 0 Å². The lowest BCUT2D eigenvalue weighted by Gasteiger charge is -2.57. The molecule has 0 spiro atoms. The highest BCUT2D eigenvalue weighted by Gasteiger charge is 2.57. The zero-order chi connectivity index (χ0) is 20.9. The van der Waals surface area contributed by atoms with Gasteiger partial charge in [0.15, 0.2) is 0 Å². The minimum absolute atomic E-state index is 0.0278. The number of hydrogen-bond acceptors (Lipinski definition) is 3. The van der Waals surface area contributed by atoms with Crippen LogP contribution >= 0.6 is 0 Å². The molecule has 0 aliphatic heterocycles. The quantitative estimate of drug-likeness (QED) is 0.635. The highest BCUT2D eigenvalue weighted by molar-refractivity contribution is 5.72. The molecule has 1 heterocycles. The molecule has 6 atom stereocenters. The van der Waals surface area contributed by atoms with Crippen molar-refractivity contribution < 1.29 is 9.53 Å². The summed E-state index contributed by atoms with van der Waals surface area (Å²) < 4.78 is 5.61. The van der Waals surface area contributed by atoms with E-state index in [1.54, 1.807) is 12.6 Å². The molecule has 160 valence electrons. The third-order valence-corrected chi connectivity index (χ3v) is 9.09. The van der Waals surface area contributed by atoms with Gasteiger partial charge in [-0.15, -0.1) is 0 Å². The van der Waals surface area contributed by atoms with Crippen molar-refractivity contribution in [3.8, 4) is 0 Å². The second-order valence-electron chi connectivity index (χ2n) is 10.3. The first-order valence-corrected chi connectivity index (χ1v) is 11.6. The molecular formula is C26H34N2O2. The summed E-state index contributed by atoms with van der Waals surface area (Å²) in [4.78, 5) is 16.1. The molecule has 1 N–H and O–H groups in total. The van der Waals surface area contributed by atoms with Crippen molar-refractivity contribution in [2.75, 3.05) is 7.05 Å². The summed E-state index contributed by atoms with van der Waals surface area (Å²) in [5.41, 5.74) is 4.92. The molecule has 5 rings (SSSR count). The van der Waals surface area contributed by atoms with Gasteiger partial charge in [0.2, 0.25) is 0 Å². The molecule has 0 saturated heterocycles. The van der Waals surface area contributed by atoms with Gasteiger partial charge >= 0.3 is 6.09 Å². The largest absolute Gasteiger partial charge is 0.446 e. The van der Waals surface area contributed by atoms with Crippen molar-refractivity contribution in [1.82, 2.24) is 10.3 Å². The Kier molecular flexibility index (Phi) is 4.79. The van der Waals surface area contributed by atoms with E-state index < -0.39 is 0 Å². The minimum Gasteiger partial charge on any atom is -0.446 e. The van der Waals surface area contributed by atoms with E-state index in [-0.39, 0.29) is 23.0 Å². The first-order chi connectivity index (χ1) is 14.5. The average Bonchev–Trinajstić information content (AvgIpc) is 3.11. The Bertz CT molecular complexity index is 892. The Morgan fingerprint density at radius 2 is 1.97 bits per heavy atom. The molecule has 1 aromatic heterocycles. The summed E-state index contributed by atoms with van der Waals surface area (Å²) in [7, 11) is 1.63. The number of carbonyl (C=O) groups is 1. The molecule has 0 bridgehead atoms. The molecule has 30 heavy (non-hydrogen) atoms. The summed E-state index contributed by atoms with van der Waals surface area (Å²) in [6, 6.07) is 4.29. The summed E-state index contributed by atoms with van der Waals surface area (Å²) in [5, 5.41) is 2.60. The van der Waals surface area contributed by atoms with Gasteiger partial charge in [0, 0.05) is 25.9 Å². The lowest BCUT2D eigenvalue weighted by Crippen LogP contribution is -2.50. The fourth-order valence-corrected chi connectivity index (χ4v) is 7.48. The van der Waals surface area contributed by atoms with Crippen LogP contribution in [0.1, 0.15) is 64.4 Å². The monoisotopic (exact) mass is 406 g/mol. The maximum absolute atomic E-state index is 11.7. The van der Waals surface area contributed by atoms with Gasteiger partial charge in [0.05, 0.1) is 0 Å². The first-order valence-electron chi connectivity index (χ1n) is 11.6. The third-order valence-electron chi connectivity index (χ3n) is 9.09. The lowest BCUT2D eigenvalue weighted by atomic mass is 9.47. The topological polar surface area (TPSA) is 51.2 Å². The molecule has 4 aliphatic carbocycles. The Labute approximate surface area is 180 Å². The summed E-state index contributed by atoms with van der Waals surface area (Å²) in [6.07, 6.45) is 16.6. The van der Waals surface area contributed by atoms with Crippen molar-refractivity contribution in [1.29, 1.82) is 0 Å². The Balaban J connectivity index is 1.38. The molecule has 4 aliphatic rings. The Morgan fingerprint density at radius 1 is 1.13 bits per heavy atom. The SMILES string of the molecule is CNC(=O)O[C@H]1CC[C@@]2(C)C(=CC[C@@H]3[C@@H]2CC[C@]2(C)C(c4cccnc4)=CC[C@@H]32)C1. The van der Waals surface area contributed by atoms with E-state index in [0.29, 0.717) is 0 Å². The van der Waals surface area contributed by atoms with Gasteiger partial charge in [0.1, 0.15) is 6.10 Å². The van der Waals surface area contributed by atoms with Crippen LogP contribution in [0.25, 0.3) is 5.57 Å². The molecule has 1 amide bonds. The van der Waals surface area contributed by atoms with Crippen molar-refractivity contribution >= 4 is 11.7 Å². The molecule has 1 aromatic rings. The molecule has 2 saturated carbocycles. The smallest absolute Gasteiger partial charge is 0.407 e. The zero-order valence-corrected chi connectivity index (χ0v) is 18.5. The second kappa shape index (κ2) is 7.25. The number of hydrogen-bond donors (Lipinski definition) is 1. The summed E-state index contributed by atoms with van der Waals surface area (Å²) in [5.74, 6) is 2.22. The van der Waals surface area contributed by atoms with Crippen LogP contribution in [-0.2, 0) is 4.74 Å². The molecule has 0 aromatic carbocycles. The number of alkyl carbamates (subject to hydrolysis) is 1. The van der Waals surface area contributed by atoms with Crippen LogP contribution in [0.5, 0.6) is 0 Å². The molecule has 4 heteroatoms. The number of allylic oxidation sites excluding steroid dienone is 3. The van der Waals surface area contributed by atoms with Crippen molar-refractivity contribution in [2.45, 2.75) is 64.9 Å². The van der Waals surface area contributed by atoms with Crippen LogP contribution in [0.2, 0.25) is 0 Å². The molecule has 0 radical (unpaired) electrons. The van der Waals surface area contributed by atoms with Gasteiger partial charge in [-0.2, -0.15) is 0 Å². The lowest BCUT2D eigenvalue weighted by molar-refractivity contribution is -0.0261. The van der Waals surface area contributed by atoms with Gasteiger partial charge < -0.3 is 10.1 Å². The Morgan fingerprint density at radius 3 is 2.73 bits per heavy atom. The number of carbonyl (C=O) groups excluding carboxylic acids is 1. The number of amides is 1. The van der Waals surface area contributed by atoms with Gasteiger partial charge in [-0.3, -0.25) is 4.98 Å². The van der Waals surface area contributed by atoms with E-state index in [2.05, 4.69) is 48.4 Å². The number of fused-ring (bicyclic) bond motifs is 5. The van der Waals surface area contributed by atoms with Crippen LogP contribution in [0.4, 0.5) is 4.79 Å². The van der Waals surface area contributed by atoms with Crippen LogP contribution in [0.15, 0.2) is 42.3 Å². The number of aromatic nitrogens is 1. The maximum Gasteiger partial charge on any atom is 0.407 e. The summed E-state index contributed by atoms with van der Waals surface area (Å²) >= 11 is 0. The highest BCUT2D eigenvalue weighted by Crippen LogP contribution is 2.66. The van der Waals surface area contributed by atoms with E-state index in [0.717, 1.165) is 37.0 Å². The predicted molar refractivity (Wildman–Crippen MR) is 119 cm³/mol. The molecule has 0 unspecified atom stereocenters. The molecular weight excluding hydrogens is 372 g/mol. The number of rotatable bonds is 2. The van der Waals surface area contributed by atoms with E-state index >= 15 is 0 Å². The number of pyridine rings is 1. The second-order valence-corrected chi connectivity index (χ2v) is 10.3. The van der Waals surface area contributed by atoms with E-state index in [1.807, 2.05) is 12.4 Å². The van der Waals surface area contributed by atoms with Gasteiger partial charge in [-0.05, 0) is 84.3 Å². The average molecular weight is 407 g/mol. The number of ether oxygens (including phenoxy) is 1. The Hall–Kier alpha value is -2.10. The van der Waals surface area contributed by atoms with Crippen LogP contribution in [-0.4, -0.2) is 24.2 Å². The fourth-order valence-electron chi connectivity index (χ4n) is 7.48. The third kappa shape index (κ3) is 2.94. The van der Waals surface area contributed by atoms with Crippen molar-refractivity contribution in [3.05, 3.63) is 47.8 Å². The summed E-state index contributed by atoms with van der Waals surface area (Å²) in [6.45, 7) is 5.01. The predicted octanol–water partition coefficient (Wildman–Crippen LogP) is 5.76. The van der Waals surface area contributed by atoms with Crippen molar-refractivity contribution in [2.24, 2.45) is 28.6 Å². The number of nitrogens with zero attached hydrogens (tertiary/aromatic N) is 1. The number of nitrogens with one attached hydrogen (secondary N) is 1. The maximum atomic E-state index is 11.7. The van der Waals surface area contributed by atoms with Crippen LogP contribution in [0, 0.1) is 28.6 Å². The van der Waals surface area contributed by atoms with Crippen molar-refractivity contribution in [3.63, 3.8) is 0 Å². The fraction of sp³-hybridized carbons (Fsp3) is 0.615. The normalized spacial score (nSPS) is 39.7. The van der Waals surface area contributed by atoms with Gasteiger partial charge in [-0.25, -0.2) is 4.79 Å². The van der Waals surface area contributed by atoms with Gasteiger partial charge in [-0.1, -0.05) is 37.6 Å². The molecule has 4 nitrogen and oxygen atoms in total. The molecule has 2 fully saturated rings. The standard InChI is InChI=1S/C26H34N2O2/c1-25-12-10-19(30-24(29)27-3)15-18(25)6-7-20-22-9-8-21(17-5-4-14-28-16-17)26(22,2)13-11-23(20)25/h4-6,8,14,16,19-20,22-23H,7,9-13,15H2,1-3H3,(H,27,29)/t19-,20-,22-,23-,25-,26+/m0/s1. The van der Waals surface area contributed by atoms with E-state index in [1.165, 1.54) is 36.8 Å². The van der Waals surface area contributed by atoms with Gasteiger partial charge in [0.25, 0.3) is 0 Å².